The monoisotopic (exact) mass is 408 g/mol. The second-order valence-electron chi connectivity index (χ2n) is 7.13. The Labute approximate surface area is 166 Å². The predicted octanol–water partition coefficient (Wildman–Crippen LogP) is 3.07. The Morgan fingerprint density at radius 2 is 1.83 bits per heavy atom. The van der Waals surface area contributed by atoms with E-state index in [1.165, 1.54) is 18.2 Å². The van der Waals surface area contributed by atoms with Gasteiger partial charge in [-0.05, 0) is 44.2 Å². The minimum absolute atomic E-state index is 0.0616. The van der Waals surface area contributed by atoms with Crippen LogP contribution in [0.3, 0.4) is 0 Å². The minimum atomic E-state index is -4.44. The SMILES string of the molecule is Cc1nc(N)nc(N[C@H]2CC[C@@H](C(=O)NCc3ccccc3C(F)(F)F)CC2)n1. The number of aryl methyl sites for hydroxylation is 1. The number of nitrogens with two attached hydrogens (primary N) is 1. The van der Waals surface area contributed by atoms with Crippen molar-refractivity contribution in [2.75, 3.05) is 11.1 Å². The first-order valence-corrected chi connectivity index (χ1v) is 9.40. The zero-order valence-corrected chi connectivity index (χ0v) is 16.0. The highest BCUT2D eigenvalue weighted by atomic mass is 19.4. The van der Waals surface area contributed by atoms with Gasteiger partial charge in [-0.15, -0.1) is 0 Å². The number of nitrogen functional groups attached to an aromatic ring is 1. The molecule has 1 amide bonds. The molecule has 2 aromatic rings. The van der Waals surface area contributed by atoms with E-state index in [-0.39, 0.29) is 35.9 Å². The number of alkyl halides is 3. The highest BCUT2D eigenvalue weighted by Crippen LogP contribution is 2.32. The Kier molecular flexibility index (Phi) is 6.19. The van der Waals surface area contributed by atoms with Gasteiger partial charge in [0, 0.05) is 18.5 Å². The lowest BCUT2D eigenvalue weighted by Crippen LogP contribution is -2.36. The summed E-state index contributed by atoms with van der Waals surface area (Å²) < 4.78 is 39.2. The molecule has 10 heteroatoms. The number of rotatable bonds is 5. The fraction of sp³-hybridized carbons (Fsp3) is 0.474. The Morgan fingerprint density at radius 1 is 1.14 bits per heavy atom. The number of nitrogens with one attached hydrogen (secondary N) is 2. The number of aromatic nitrogens is 3. The van der Waals surface area contributed by atoms with E-state index < -0.39 is 11.7 Å². The third kappa shape index (κ3) is 5.55. The zero-order valence-electron chi connectivity index (χ0n) is 16.0. The first-order valence-electron chi connectivity index (χ1n) is 9.40. The van der Waals surface area contributed by atoms with Crippen LogP contribution in [-0.4, -0.2) is 26.9 Å². The van der Waals surface area contributed by atoms with Crippen molar-refractivity contribution in [3.63, 3.8) is 0 Å². The molecule has 0 aliphatic heterocycles. The lowest BCUT2D eigenvalue weighted by Gasteiger charge is -2.28. The quantitative estimate of drug-likeness (QED) is 0.702. The van der Waals surface area contributed by atoms with Crippen molar-refractivity contribution >= 4 is 17.8 Å². The Bertz CT molecular complexity index is 845. The van der Waals surface area contributed by atoms with Gasteiger partial charge < -0.3 is 16.4 Å². The van der Waals surface area contributed by atoms with Gasteiger partial charge in [-0.1, -0.05) is 18.2 Å². The molecule has 0 radical (unpaired) electrons. The van der Waals surface area contributed by atoms with Gasteiger partial charge in [0.15, 0.2) is 0 Å². The van der Waals surface area contributed by atoms with Crippen LogP contribution in [0.5, 0.6) is 0 Å². The highest BCUT2D eigenvalue weighted by Gasteiger charge is 2.33. The fourth-order valence-electron chi connectivity index (χ4n) is 3.53. The van der Waals surface area contributed by atoms with E-state index in [4.69, 9.17) is 5.73 Å². The molecule has 156 valence electrons. The summed E-state index contributed by atoms with van der Waals surface area (Å²) in [5.41, 5.74) is 4.96. The van der Waals surface area contributed by atoms with E-state index in [0.29, 0.717) is 24.6 Å². The molecule has 1 aromatic heterocycles. The molecule has 0 unspecified atom stereocenters. The van der Waals surface area contributed by atoms with Crippen molar-refractivity contribution in [3.05, 3.63) is 41.2 Å². The summed E-state index contributed by atoms with van der Waals surface area (Å²) >= 11 is 0. The molecular formula is C19H23F3N6O. The summed E-state index contributed by atoms with van der Waals surface area (Å²) in [7, 11) is 0. The molecule has 29 heavy (non-hydrogen) atoms. The van der Waals surface area contributed by atoms with E-state index in [9.17, 15) is 18.0 Å². The average Bonchev–Trinajstić information content (AvgIpc) is 2.65. The molecule has 0 atom stereocenters. The van der Waals surface area contributed by atoms with Gasteiger partial charge in [-0.2, -0.15) is 28.1 Å². The summed E-state index contributed by atoms with van der Waals surface area (Å²) in [6.07, 6.45) is -1.74. The molecule has 1 saturated carbocycles. The van der Waals surface area contributed by atoms with Crippen LogP contribution < -0.4 is 16.4 Å². The highest BCUT2D eigenvalue weighted by molar-refractivity contribution is 5.78. The molecule has 1 fully saturated rings. The number of hydrogen-bond acceptors (Lipinski definition) is 6. The van der Waals surface area contributed by atoms with Crippen molar-refractivity contribution in [1.29, 1.82) is 0 Å². The minimum Gasteiger partial charge on any atom is -0.368 e. The Morgan fingerprint density at radius 3 is 2.48 bits per heavy atom. The zero-order chi connectivity index (χ0) is 21.0. The largest absolute Gasteiger partial charge is 0.416 e. The van der Waals surface area contributed by atoms with Gasteiger partial charge in [-0.25, -0.2) is 0 Å². The van der Waals surface area contributed by atoms with Gasteiger partial charge in [0.2, 0.25) is 17.8 Å². The van der Waals surface area contributed by atoms with Crippen LogP contribution in [0, 0.1) is 12.8 Å². The average molecular weight is 408 g/mol. The number of halogens is 3. The molecule has 0 bridgehead atoms. The number of amides is 1. The molecule has 1 aliphatic rings. The molecule has 1 aromatic carbocycles. The maximum atomic E-state index is 13.1. The number of anilines is 2. The summed E-state index contributed by atoms with van der Waals surface area (Å²) in [6, 6.07) is 5.37. The van der Waals surface area contributed by atoms with Gasteiger partial charge in [0.1, 0.15) is 5.82 Å². The lowest BCUT2D eigenvalue weighted by molar-refractivity contribution is -0.138. The Balaban J connectivity index is 1.51. The summed E-state index contributed by atoms with van der Waals surface area (Å²) in [4.78, 5) is 24.6. The molecule has 0 saturated heterocycles. The first kappa shape index (κ1) is 20.8. The molecule has 1 aliphatic carbocycles. The van der Waals surface area contributed by atoms with Crippen LogP contribution in [-0.2, 0) is 17.5 Å². The molecule has 1 heterocycles. The smallest absolute Gasteiger partial charge is 0.368 e. The van der Waals surface area contributed by atoms with Gasteiger partial charge >= 0.3 is 6.18 Å². The van der Waals surface area contributed by atoms with Crippen molar-refractivity contribution in [2.24, 2.45) is 5.92 Å². The van der Waals surface area contributed by atoms with E-state index in [0.717, 1.165) is 18.9 Å². The number of carbonyl (C=O) groups is 1. The van der Waals surface area contributed by atoms with Crippen LogP contribution in [0.15, 0.2) is 24.3 Å². The third-order valence-corrected chi connectivity index (χ3v) is 4.97. The molecular weight excluding hydrogens is 385 g/mol. The fourth-order valence-corrected chi connectivity index (χ4v) is 3.53. The molecule has 7 nitrogen and oxygen atoms in total. The maximum Gasteiger partial charge on any atom is 0.416 e. The van der Waals surface area contributed by atoms with Crippen molar-refractivity contribution in [1.82, 2.24) is 20.3 Å². The van der Waals surface area contributed by atoms with Gasteiger partial charge in [-0.3, -0.25) is 4.79 Å². The van der Waals surface area contributed by atoms with Crippen molar-refractivity contribution < 1.29 is 18.0 Å². The van der Waals surface area contributed by atoms with Crippen LogP contribution in [0.2, 0.25) is 0 Å². The number of hydrogen-bond donors (Lipinski definition) is 3. The lowest BCUT2D eigenvalue weighted by atomic mass is 9.85. The predicted molar refractivity (Wildman–Crippen MR) is 102 cm³/mol. The topological polar surface area (TPSA) is 106 Å². The van der Waals surface area contributed by atoms with Crippen LogP contribution in [0.25, 0.3) is 0 Å². The number of benzene rings is 1. The van der Waals surface area contributed by atoms with Gasteiger partial charge in [0.25, 0.3) is 0 Å². The summed E-state index contributed by atoms with van der Waals surface area (Å²) in [6.45, 7) is 1.58. The van der Waals surface area contributed by atoms with Crippen molar-refractivity contribution in [2.45, 2.75) is 51.4 Å². The molecule has 4 N–H and O–H groups in total. The van der Waals surface area contributed by atoms with E-state index >= 15 is 0 Å². The van der Waals surface area contributed by atoms with E-state index in [1.54, 1.807) is 6.92 Å². The maximum absolute atomic E-state index is 13.1. The molecule has 3 rings (SSSR count). The van der Waals surface area contributed by atoms with Crippen LogP contribution in [0.4, 0.5) is 25.1 Å². The summed E-state index contributed by atoms with van der Waals surface area (Å²) in [5.74, 6) is 0.628. The van der Waals surface area contributed by atoms with E-state index in [2.05, 4.69) is 25.6 Å². The normalized spacial score (nSPS) is 19.6. The second kappa shape index (κ2) is 8.62. The van der Waals surface area contributed by atoms with Crippen molar-refractivity contribution in [3.8, 4) is 0 Å². The van der Waals surface area contributed by atoms with Gasteiger partial charge in [0.05, 0.1) is 5.56 Å². The number of carbonyl (C=O) groups excluding carboxylic acids is 1. The third-order valence-electron chi connectivity index (χ3n) is 4.97. The standard InChI is InChI=1S/C19H23F3N6O/c1-11-25-17(23)28-18(26-11)27-14-8-6-12(7-9-14)16(29)24-10-13-4-2-3-5-15(13)19(20,21)22/h2-5,12,14H,6-10H2,1H3,(H,24,29)(H3,23,25,26,27,28)/t12-,14+. The molecule has 0 spiro atoms. The van der Waals surface area contributed by atoms with E-state index in [1.807, 2.05) is 0 Å². The first-order chi connectivity index (χ1) is 13.7. The van der Waals surface area contributed by atoms with Crippen LogP contribution >= 0.6 is 0 Å². The summed E-state index contributed by atoms with van der Waals surface area (Å²) in [5, 5.41) is 5.86. The second-order valence-corrected chi connectivity index (χ2v) is 7.13. The Hall–Kier alpha value is -2.91. The van der Waals surface area contributed by atoms with Crippen LogP contribution in [0.1, 0.15) is 42.6 Å². The number of nitrogens with zero attached hydrogens (tertiary/aromatic N) is 3.